The third kappa shape index (κ3) is 42.1. The van der Waals surface area contributed by atoms with Gasteiger partial charge in [0.15, 0.2) is 6.10 Å². The number of carbonyl (C=O) groups is 3. The number of phosphoric acid groups is 1. The predicted molar refractivity (Wildman–Crippen MR) is 245 cm³/mol. The lowest BCUT2D eigenvalue weighted by Crippen LogP contribution is -2.34. The molecule has 0 amide bonds. The smallest absolute Gasteiger partial charge is 0.472 e. The molecule has 0 aromatic heterocycles. The third-order valence-electron chi connectivity index (χ3n) is 10.1. The molecule has 348 valence electrons. The molecule has 0 spiro atoms. The van der Waals surface area contributed by atoms with Crippen molar-refractivity contribution < 1.29 is 47.5 Å². The number of nitrogens with two attached hydrogens (primary N) is 1. The minimum atomic E-state index is -4.73. The maximum atomic E-state index is 12.7. The first-order valence-corrected chi connectivity index (χ1v) is 25.2. The summed E-state index contributed by atoms with van der Waals surface area (Å²) < 4.78 is 32.7. The topological polar surface area (TPSA) is 172 Å². The molecule has 0 saturated carbocycles. The molecule has 3 atom stereocenters. The summed E-state index contributed by atoms with van der Waals surface area (Å²) in [6, 6.07) is -1.53. The van der Waals surface area contributed by atoms with E-state index in [9.17, 15) is 23.8 Å². The summed E-state index contributed by atoms with van der Waals surface area (Å²) in [6.45, 7) is 2.74. The molecule has 0 heterocycles. The Hall–Kier alpha value is -2.56. The van der Waals surface area contributed by atoms with E-state index in [1.165, 1.54) is 116 Å². The highest BCUT2D eigenvalue weighted by Crippen LogP contribution is 2.43. The van der Waals surface area contributed by atoms with E-state index >= 15 is 0 Å². The van der Waals surface area contributed by atoms with Gasteiger partial charge in [0.25, 0.3) is 0 Å². The Labute approximate surface area is 365 Å². The molecular weight excluding hydrogens is 781 g/mol. The zero-order valence-electron chi connectivity index (χ0n) is 37.8. The fourth-order valence-electron chi connectivity index (χ4n) is 6.35. The molecule has 60 heavy (non-hydrogen) atoms. The standard InChI is InChI=1S/C48H86NO10P/c1-3-5-7-9-11-13-15-17-19-21-22-24-26-28-30-32-34-36-38-40-47(51)59-44(42-57-60(54,55)58-43-45(49)48(52)53)41-56-46(50)39-37-35-33-31-29-27-25-23-20-18-16-14-12-10-8-6-4-2/h12,14,18,20,25,27,31,33,44-45H,3-11,13,15-17,19,21-24,26,28-30,32,34-43,49H2,1-2H3,(H,52,53)(H,54,55)/b14-12+,20-18+,27-25+,33-31+/t44-,45+/m1/s1. The normalized spacial score (nSPS) is 14.1. The number of esters is 2. The minimum Gasteiger partial charge on any atom is -0.480 e. The van der Waals surface area contributed by atoms with Gasteiger partial charge in [-0.15, -0.1) is 0 Å². The first-order valence-electron chi connectivity index (χ1n) is 23.7. The van der Waals surface area contributed by atoms with Gasteiger partial charge in [-0.3, -0.25) is 23.4 Å². The maximum absolute atomic E-state index is 12.7. The molecule has 1 unspecified atom stereocenters. The summed E-state index contributed by atoms with van der Waals surface area (Å²) in [6.07, 6.45) is 48.9. The summed E-state index contributed by atoms with van der Waals surface area (Å²) in [5.41, 5.74) is 5.34. The minimum absolute atomic E-state index is 0.146. The van der Waals surface area contributed by atoms with Crippen molar-refractivity contribution in [2.45, 2.75) is 219 Å². The van der Waals surface area contributed by atoms with Crippen molar-refractivity contribution in [2.24, 2.45) is 5.73 Å². The van der Waals surface area contributed by atoms with Crippen molar-refractivity contribution in [3.63, 3.8) is 0 Å². The number of phosphoric ester groups is 1. The van der Waals surface area contributed by atoms with Gasteiger partial charge in [0.1, 0.15) is 12.6 Å². The van der Waals surface area contributed by atoms with Crippen molar-refractivity contribution in [1.82, 2.24) is 0 Å². The van der Waals surface area contributed by atoms with Crippen molar-refractivity contribution in [3.8, 4) is 0 Å². The van der Waals surface area contributed by atoms with Gasteiger partial charge in [-0.05, 0) is 51.4 Å². The van der Waals surface area contributed by atoms with Crippen LogP contribution in [0.4, 0.5) is 0 Å². The van der Waals surface area contributed by atoms with Gasteiger partial charge in [0, 0.05) is 12.8 Å². The summed E-state index contributed by atoms with van der Waals surface area (Å²) >= 11 is 0. The maximum Gasteiger partial charge on any atom is 0.472 e. The fraction of sp³-hybridized carbons (Fsp3) is 0.771. The summed E-state index contributed by atoms with van der Waals surface area (Å²) in [5.74, 6) is -2.44. The molecule has 0 radical (unpaired) electrons. The van der Waals surface area contributed by atoms with Gasteiger partial charge in [0.05, 0.1) is 13.2 Å². The summed E-state index contributed by atoms with van der Waals surface area (Å²) in [7, 11) is -4.73. The quantitative estimate of drug-likeness (QED) is 0.0230. The Bertz CT molecular complexity index is 1200. The number of carboxylic acid groups (broad SMARTS) is 1. The van der Waals surface area contributed by atoms with Crippen molar-refractivity contribution in [2.75, 3.05) is 19.8 Å². The van der Waals surface area contributed by atoms with Crippen LogP contribution in [0.15, 0.2) is 48.6 Å². The number of hydrogen-bond donors (Lipinski definition) is 3. The number of aliphatic carboxylic acids is 1. The van der Waals surface area contributed by atoms with Gasteiger partial charge in [-0.1, -0.05) is 191 Å². The Balaban J connectivity index is 4.37. The molecule has 0 aromatic rings. The average molecular weight is 868 g/mol. The number of carbonyl (C=O) groups excluding carboxylic acids is 2. The molecule has 0 saturated heterocycles. The Kier molecular flexibility index (Phi) is 41.3. The van der Waals surface area contributed by atoms with E-state index in [0.717, 1.165) is 44.9 Å². The first-order chi connectivity index (χ1) is 29.1. The lowest BCUT2D eigenvalue weighted by Gasteiger charge is -2.20. The largest absolute Gasteiger partial charge is 0.480 e. The van der Waals surface area contributed by atoms with Crippen molar-refractivity contribution >= 4 is 25.7 Å². The number of allylic oxidation sites excluding steroid dienone is 8. The predicted octanol–water partition coefficient (Wildman–Crippen LogP) is 13.0. The number of hydrogen-bond acceptors (Lipinski definition) is 9. The zero-order chi connectivity index (χ0) is 44.2. The summed E-state index contributed by atoms with van der Waals surface area (Å²) in [4.78, 5) is 46.0. The second-order valence-corrected chi connectivity index (χ2v) is 17.3. The molecule has 0 aromatic carbocycles. The number of carboxylic acids is 1. The number of unbranched alkanes of at least 4 members (excludes halogenated alkanes) is 22. The van der Waals surface area contributed by atoms with Crippen LogP contribution >= 0.6 is 7.82 Å². The molecule has 12 heteroatoms. The van der Waals surface area contributed by atoms with Crippen LogP contribution in [0, 0.1) is 0 Å². The van der Waals surface area contributed by atoms with Crippen LogP contribution in [0.1, 0.15) is 206 Å². The van der Waals surface area contributed by atoms with Gasteiger partial charge >= 0.3 is 25.7 Å². The van der Waals surface area contributed by atoms with Crippen LogP contribution in [-0.4, -0.2) is 59.9 Å². The third-order valence-corrected chi connectivity index (χ3v) is 11.0. The molecule has 0 rings (SSSR count). The molecule has 0 bridgehead atoms. The Morgan fingerprint density at radius 2 is 0.900 bits per heavy atom. The molecule has 4 N–H and O–H groups in total. The van der Waals surface area contributed by atoms with Gasteiger partial charge in [-0.2, -0.15) is 0 Å². The monoisotopic (exact) mass is 868 g/mol. The first kappa shape index (κ1) is 57.4. The average Bonchev–Trinajstić information content (AvgIpc) is 3.22. The number of ether oxygens (including phenoxy) is 2. The highest BCUT2D eigenvalue weighted by molar-refractivity contribution is 7.47. The van der Waals surface area contributed by atoms with Crippen molar-refractivity contribution in [1.29, 1.82) is 0 Å². The molecule has 0 aliphatic carbocycles. The highest BCUT2D eigenvalue weighted by atomic mass is 31.2. The van der Waals surface area contributed by atoms with Gasteiger partial charge in [-0.25, -0.2) is 4.57 Å². The van der Waals surface area contributed by atoms with Crippen molar-refractivity contribution in [3.05, 3.63) is 48.6 Å². The molecule has 0 fully saturated rings. The SMILES string of the molecule is CCCCC/C=C/C/C=C/C/C=C/C/C=C/CCCC(=O)OC[C@H](COP(=O)(O)OC[C@H](N)C(=O)O)OC(=O)CCCCCCCCCCCCCCCCCCCCC. The van der Waals surface area contributed by atoms with Crippen LogP contribution < -0.4 is 5.73 Å². The van der Waals surface area contributed by atoms with Gasteiger partial charge in [0.2, 0.25) is 0 Å². The molecule has 11 nitrogen and oxygen atoms in total. The van der Waals surface area contributed by atoms with Gasteiger partial charge < -0.3 is 25.2 Å². The lowest BCUT2D eigenvalue weighted by molar-refractivity contribution is -0.161. The zero-order valence-corrected chi connectivity index (χ0v) is 38.7. The van der Waals surface area contributed by atoms with E-state index in [4.69, 9.17) is 24.8 Å². The fourth-order valence-corrected chi connectivity index (χ4v) is 7.13. The van der Waals surface area contributed by atoms with Crippen LogP contribution in [0.25, 0.3) is 0 Å². The second-order valence-electron chi connectivity index (χ2n) is 15.9. The Morgan fingerprint density at radius 3 is 1.37 bits per heavy atom. The molecule has 0 aliphatic rings. The van der Waals surface area contributed by atoms with Crippen LogP contribution in [0.3, 0.4) is 0 Å². The summed E-state index contributed by atoms with van der Waals surface area (Å²) in [5, 5.41) is 8.90. The van der Waals surface area contributed by atoms with E-state index in [0.29, 0.717) is 19.3 Å². The van der Waals surface area contributed by atoms with E-state index in [-0.39, 0.29) is 19.4 Å². The van der Waals surface area contributed by atoms with Crippen LogP contribution in [-0.2, 0) is 37.5 Å². The van der Waals surface area contributed by atoms with E-state index in [1.54, 1.807) is 0 Å². The molecular formula is C48H86NO10P. The van der Waals surface area contributed by atoms with E-state index in [2.05, 4.69) is 60.9 Å². The number of rotatable bonds is 44. The lowest BCUT2D eigenvalue weighted by atomic mass is 10.0. The Morgan fingerprint density at radius 1 is 0.517 bits per heavy atom. The highest BCUT2D eigenvalue weighted by Gasteiger charge is 2.28. The molecule has 0 aliphatic heterocycles. The van der Waals surface area contributed by atoms with Crippen LogP contribution in [0.2, 0.25) is 0 Å². The van der Waals surface area contributed by atoms with E-state index < -0.39 is 51.1 Å². The van der Waals surface area contributed by atoms with Crippen LogP contribution in [0.5, 0.6) is 0 Å². The second kappa shape index (κ2) is 43.1. The van der Waals surface area contributed by atoms with E-state index in [1.807, 2.05) is 6.08 Å².